The number of hydrogen-bond donors (Lipinski definition) is 2. The highest BCUT2D eigenvalue weighted by Crippen LogP contribution is 2.36. The number of aromatic carboxylic acids is 1. The van der Waals surface area contributed by atoms with Crippen LogP contribution in [0.2, 0.25) is 5.02 Å². The summed E-state index contributed by atoms with van der Waals surface area (Å²) in [4.78, 5) is 22.8. The van der Waals surface area contributed by atoms with Gasteiger partial charge in [0.2, 0.25) is 0 Å². The van der Waals surface area contributed by atoms with Crippen LogP contribution in [0.4, 0.5) is 0 Å². The van der Waals surface area contributed by atoms with Crippen molar-refractivity contribution in [1.29, 1.82) is 0 Å². The van der Waals surface area contributed by atoms with E-state index in [0.717, 1.165) is 0 Å². The fraction of sp³-hybridized carbons (Fsp3) is 0.333. The van der Waals surface area contributed by atoms with Gasteiger partial charge in [-0.05, 0) is 18.2 Å². The monoisotopic (exact) mass is 319 g/mol. The van der Waals surface area contributed by atoms with E-state index in [2.05, 4.69) is 21.5 Å². The summed E-state index contributed by atoms with van der Waals surface area (Å²) in [6.45, 7) is 0.382. The second kappa shape index (κ2) is 6.58. The lowest BCUT2D eigenvalue weighted by molar-refractivity contribution is 0.0696. The Labute approximate surface area is 132 Å². The van der Waals surface area contributed by atoms with E-state index in [1.165, 1.54) is 18.2 Å². The van der Waals surface area contributed by atoms with Gasteiger partial charge in [-0.1, -0.05) is 11.6 Å². The molecule has 0 unspecified atom stereocenters. The van der Waals surface area contributed by atoms with Crippen molar-refractivity contribution in [1.82, 2.24) is 5.32 Å². The van der Waals surface area contributed by atoms with Crippen LogP contribution in [0, 0.1) is 12.3 Å². The first-order valence-corrected chi connectivity index (χ1v) is 7.04. The largest absolute Gasteiger partial charge is 0.478 e. The molecule has 114 valence electrons. The number of rotatable bonds is 7. The van der Waals surface area contributed by atoms with Crippen molar-refractivity contribution in [3.8, 4) is 12.3 Å². The molecule has 0 saturated carbocycles. The number of nitrogens with one attached hydrogen (secondary N) is 1. The molecule has 2 N–H and O–H groups in total. The van der Waals surface area contributed by atoms with Crippen LogP contribution in [0.3, 0.4) is 0 Å². The summed E-state index contributed by atoms with van der Waals surface area (Å²) in [7, 11) is 0. The van der Waals surface area contributed by atoms with Gasteiger partial charge in [-0.15, -0.1) is 12.3 Å². The van der Waals surface area contributed by atoms with Crippen LogP contribution in [-0.2, 0) is 0 Å². The third-order valence-corrected chi connectivity index (χ3v) is 3.64. The van der Waals surface area contributed by atoms with Crippen LogP contribution in [0.1, 0.15) is 40.0 Å². The van der Waals surface area contributed by atoms with E-state index in [-0.39, 0.29) is 22.1 Å². The van der Waals surface area contributed by atoms with Gasteiger partial charge < -0.3 is 10.4 Å². The van der Waals surface area contributed by atoms with Gasteiger partial charge in [0, 0.05) is 25.8 Å². The highest BCUT2D eigenvalue weighted by molar-refractivity contribution is 6.34. The maximum atomic E-state index is 12.0. The van der Waals surface area contributed by atoms with Crippen molar-refractivity contribution in [3.63, 3.8) is 0 Å². The fourth-order valence-electron chi connectivity index (χ4n) is 1.97. The van der Waals surface area contributed by atoms with Crippen LogP contribution in [-0.4, -0.2) is 29.2 Å². The van der Waals surface area contributed by atoms with E-state index >= 15 is 0 Å². The Morgan fingerprint density at radius 2 is 2.09 bits per heavy atom. The van der Waals surface area contributed by atoms with Gasteiger partial charge in [-0.25, -0.2) is 4.79 Å². The third kappa shape index (κ3) is 3.83. The van der Waals surface area contributed by atoms with Crippen LogP contribution < -0.4 is 5.32 Å². The Morgan fingerprint density at radius 3 is 2.64 bits per heavy atom. The van der Waals surface area contributed by atoms with Crippen molar-refractivity contribution >= 4 is 23.5 Å². The maximum Gasteiger partial charge on any atom is 0.335 e. The molecule has 1 aromatic rings. The van der Waals surface area contributed by atoms with Crippen molar-refractivity contribution in [2.24, 2.45) is 10.2 Å². The van der Waals surface area contributed by atoms with Crippen LogP contribution >= 0.6 is 11.6 Å². The molecule has 0 aliphatic carbocycles. The van der Waals surface area contributed by atoms with E-state index in [1.54, 1.807) is 0 Å². The smallest absolute Gasteiger partial charge is 0.335 e. The Kier molecular flexibility index (Phi) is 4.78. The molecule has 0 saturated heterocycles. The number of hydrogen-bond acceptors (Lipinski definition) is 4. The molecule has 1 heterocycles. The first-order chi connectivity index (χ1) is 10.5. The molecule has 22 heavy (non-hydrogen) atoms. The number of terminal acetylenes is 1. The zero-order valence-electron chi connectivity index (χ0n) is 11.7. The maximum absolute atomic E-state index is 12.0. The Bertz CT molecular complexity index is 673. The molecule has 0 fully saturated rings. The number of amides is 1. The van der Waals surface area contributed by atoms with E-state index < -0.39 is 11.6 Å². The van der Waals surface area contributed by atoms with Crippen molar-refractivity contribution in [3.05, 3.63) is 34.3 Å². The quantitative estimate of drug-likeness (QED) is 0.757. The van der Waals surface area contributed by atoms with Crippen LogP contribution in [0.15, 0.2) is 28.4 Å². The van der Waals surface area contributed by atoms with Crippen molar-refractivity contribution < 1.29 is 14.7 Å². The third-order valence-electron chi connectivity index (χ3n) is 3.32. The minimum Gasteiger partial charge on any atom is -0.478 e. The van der Waals surface area contributed by atoms with Gasteiger partial charge in [0.15, 0.2) is 5.66 Å². The molecule has 0 spiro atoms. The molecule has 6 nitrogen and oxygen atoms in total. The Morgan fingerprint density at radius 1 is 1.36 bits per heavy atom. The second-order valence-electron chi connectivity index (χ2n) is 4.89. The fourth-order valence-corrected chi connectivity index (χ4v) is 2.24. The molecule has 1 amide bonds. The summed E-state index contributed by atoms with van der Waals surface area (Å²) < 4.78 is 0. The van der Waals surface area contributed by atoms with E-state index in [9.17, 15) is 9.59 Å². The summed E-state index contributed by atoms with van der Waals surface area (Å²) in [5, 5.41) is 19.6. The van der Waals surface area contributed by atoms with Gasteiger partial charge in [-0.3, -0.25) is 4.79 Å². The number of carbonyl (C=O) groups is 2. The second-order valence-corrected chi connectivity index (χ2v) is 5.30. The number of carbonyl (C=O) groups excluding carboxylic acids is 1. The summed E-state index contributed by atoms with van der Waals surface area (Å²) in [6.07, 6.45) is 7.04. The highest BCUT2D eigenvalue weighted by atomic mass is 35.5. The molecule has 0 aromatic heterocycles. The number of halogens is 1. The predicted octanol–water partition coefficient (Wildman–Crippen LogP) is 2.73. The molecular formula is C15H14ClN3O3. The predicted molar refractivity (Wildman–Crippen MR) is 81.0 cm³/mol. The summed E-state index contributed by atoms with van der Waals surface area (Å²) in [5.41, 5.74) is -0.184. The van der Waals surface area contributed by atoms with Gasteiger partial charge in [-0.2, -0.15) is 10.2 Å². The molecule has 1 aliphatic rings. The summed E-state index contributed by atoms with van der Waals surface area (Å²) >= 11 is 5.93. The Hall–Kier alpha value is -2.39. The van der Waals surface area contributed by atoms with Gasteiger partial charge >= 0.3 is 5.97 Å². The molecular weight excluding hydrogens is 306 g/mol. The van der Waals surface area contributed by atoms with E-state index in [4.69, 9.17) is 23.1 Å². The van der Waals surface area contributed by atoms with Crippen LogP contribution in [0.25, 0.3) is 0 Å². The molecule has 0 bridgehead atoms. The normalized spacial score (nSPS) is 14.2. The van der Waals surface area contributed by atoms with Gasteiger partial charge in [0.1, 0.15) is 0 Å². The van der Waals surface area contributed by atoms with E-state index in [1.807, 2.05) is 0 Å². The number of carboxylic acids is 1. The lowest BCUT2D eigenvalue weighted by Gasteiger charge is -2.10. The number of nitrogens with zero attached hydrogens (tertiary/aromatic N) is 2. The average Bonchev–Trinajstić information content (AvgIpc) is 3.25. The number of benzene rings is 1. The van der Waals surface area contributed by atoms with Crippen molar-refractivity contribution in [2.75, 3.05) is 6.54 Å². The first-order valence-electron chi connectivity index (χ1n) is 6.66. The highest BCUT2D eigenvalue weighted by Gasteiger charge is 2.38. The average molecular weight is 320 g/mol. The summed E-state index contributed by atoms with van der Waals surface area (Å²) in [6, 6.07) is 3.98. The molecule has 1 aromatic carbocycles. The molecule has 1 aliphatic heterocycles. The minimum absolute atomic E-state index is 0.0327. The van der Waals surface area contributed by atoms with Crippen molar-refractivity contribution in [2.45, 2.75) is 24.9 Å². The molecule has 2 rings (SSSR count). The molecule has 0 atom stereocenters. The van der Waals surface area contributed by atoms with Crippen LogP contribution in [0.5, 0.6) is 0 Å². The SMILES string of the molecule is C#CCCC1(CCNC(=O)c2ccc(C(=O)O)cc2Cl)N=N1. The first kappa shape index (κ1) is 16.0. The standard InChI is InChI=1S/C15H14ClN3O3/c1-2-3-6-15(18-19-15)7-8-17-13(20)11-5-4-10(14(21)22)9-12(11)16/h1,4-5,9H,3,6-8H2,(H,17,20)(H,21,22). The number of carboxylic acid groups (broad SMARTS) is 1. The molecule has 0 radical (unpaired) electrons. The Balaban J connectivity index is 1.88. The lowest BCUT2D eigenvalue weighted by atomic mass is 10.0. The zero-order valence-corrected chi connectivity index (χ0v) is 12.4. The summed E-state index contributed by atoms with van der Waals surface area (Å²) in [5.74, 6) is 1.08. The topological polar surface area (TPSA) is 91.1 Å². The van der Waals surface area contributed by atoms with E-state index in [0.29, 0.717) is 25.8 Å². The molecule has 7 heteroatoms. The lowest BCUT2D eigenvalue weighted by Crippen LogP contribution is -2.28. The zero-order chi connectivity index (χ0) is 16.2. The minimum atomic E-state index is -1.10. The van der Waals surface area contributed by atoms with Gasteiger partial charge in [0.05, 0.1) is 16.1 Å². The van der Waals surface area contributed by atoms with Gasteiger partial charge in [0.25, 0.3) is 5.91 Å².